The molecule has 0 saturated carbocycles. The van der Waals surface area contributed by atoms with Gasteiger partial charge in [0.2, 0.25) is 0 Å². The smallest absolute Gasteiger partial charge is 0.198 e. The van der Waals surface area contributed by atoms with Crippen LogP contribution in [-0.2, 0) is 0 Å². The van der Waals surface area contributed by atoms with E-state index in [-0.39, 0.29) is 22.7 Å². The summed E-state index contributed by atoms with van der Waals surface area (Å²) in [5.74, 6) is 1.95. The fraction of sp³-hybridized carbons (Fsp3) is 0.0833. The number of aliphatic imine (C=N–C) groups is 6. The molecule has 0 bridgehead atoms. The molecule has 0 saturated heterocycles. The van der Waals surface area contributed by atoms with Crippen LogP contribution in [0.25, 0.3) is 0 Å². The van der Waals surface area contributed by atoms with E-state index in [4.69, 9.17) is 30.0 Å². The molecular formula is C48H36N8O2. The number of aryl methyl sites for hydroxylation is 4. The summed E-state index contributed by atoms with van der Waals surface area (Å²) in [7, 11) is 0. The molecule has 3 aliphatic rings. The topological polar surface area (TPSA) is 132 Å². The zero-order valence-electron chi connectivity index (χ0n) is 32.2. The summed E-state index contributed by atoms with van der Waals surface area (Å²) in [6.07, 6.45) is 0. The third-order valence-corrected chi connectivity index (χ3v) is 9.98. The van der Waals surface area contributed by atoms with E-state index in [2.05, 4.69) is 10.6 Å². The first-order valence-corrected chi connectivity index (χ1v) is 18.9. The van der Waals surface area contributed by atoms with E-state index in [9.17, 15) is 9.59 Å². The first kappa shape index (κ1) is 35.9. The maximum Gasteiger partial charge on any atom is 0.198 e. The van der Waals surface area contributed by atoms with Crippen molar-refractivity contribution in [2.75, 3.05) is 10.6 Å². The Morgan fingerprint density at radius 1 is 0.397 bits per heavy atom. The van der Waals surface area contributed by atoms with Crippen LogP contribution < -0.4 is 10.6 Å². The number of carbonyl (C=O) groups excluding carboxylic acids is 2. The van der Waals surface area contributed by atoms with Crippen molar-refractivity contribution >= 4 is 69.3 Å². The fourth-order valence-corrected chi connectivity index (χ4v) is 6.71. The van der Waals surface area contributed by atoms with Crippen LogP contribution in [0.2, 0.25) is 0 Å². The number of nitrogens with one attached hydrogen (secondary N) is 2. The van der Waals surface area contributed by atoms with Crippen molar-refractivity contribution in [3.8, 4) is 0 Å². The van der Waals surface area contributed by atoms with Gasteiger partial charge in [-0.3, -0.25) is 9.59 Å². The van der Waals surface area contributed by atoms with Gasteiger partial charge >= 0.3 is 0 Å². The van der Waals surface area contributed by atoms with Gasteiger partial charge in [-0.05, 0) is 100 Å². The Hall–Kier alpha value is -7.72. The summed E-state index contributed by atoms with van der Waals surface area (Å²) in [5.41, 5.74) is 9.97. The van der Waals surface area contributed by atoms with Crippen molar-refractivity contribution in [2.45, 2.75) is 27.7 Å². The number of benzene rings is 6. The van der Waals surface area contributed by atoms with Gasteiger partial charge < -0.3 is 10.6 Å². The second-order valence-corrected chi connectivity index (χ2v) is 14.5. The Kier molecular flexibility index (Phi) is 9.14. The van der Waals surface area contributed by atoms with Gasteiger partial charge in [0.05, 0.1) is 11.4 Å². The van der Waals surface area contributed by atoms with Crippen LogP contribution >= 0.6 is 0 Å². The summed E-state index contributed by atoms with van der Waals surface area (Å²) in [4.78, 5) is 57.1. The van der Waals surface area contributed by atoms with Crippen LogP contribution in [0.1, 0.15) is 65.2 Å². The highest BCUT2D eigenvalue weighted by Crippen LogP contribution is 2.31. The number of rotatable bonds is 6. The second kappa shape index (κ2) is 14.7. The number of nitrogens with zero attached hydrogens (tertiary/aromatic N) is 6. The quantitative estimate of drug-likeness (QED) is 0.175. The molecular weight excluding hydrogens is 721 g/mol. The van der Waals surface area contributed by atoms with Gasteiger partial charge in [0.25, 0.3) is 0 Å². The molecule has 9 rings (SSSR count). The molecule has 0 radical (unpaired) electrons. The second-order valence-electron chi connectivity index (χ2n) is 14.5. The number of carbonyl (C=O) groups is 2. The van der Waals surface area contributed by atoms with E-state index in [1.165, 1.54) is 0 Å². The third kappa shape index (κ3) is 7.22. The summed E-state index contributed by atoms with van der Waals surface area (Å²) in [5, 5.41) is 6.71. The number of anilines is 2. The molecule has 0 aromatic heterocycles. The first-order chi connectivity index (χ1) is 28.1. The minimum absolute atomic E-state index is 0.271. The molecule has 2 heterocycles. The molecule has 0 amide bonds. The highest BCUT2D eigenvalue weighted by molar-refractivity contribution is 6.52. The summed E-state index contributed by atoms with van der Waals surface area (Å²) in [6, 6.07) is 41.8. The van der Waals surface area contributed by atoms with Crippen LogP contribution in [0.3, 0.4) is 0 Å². The van der Waals surface area contributed by atoms with Gasteiger partial charge in [0, 0.05) is 44.8 Å². The molecule has 10 heteroatoms. The zero-order chi connectivity index (χ0) is 39.9. The van der Waals surface area contributed by atoms with E-state index in [0.29, 0.717) is 57.3 Å². The molecule has 0 fully saturated rings. The van der Waals surface area contributed by atoms with Gasteiger partial charge in [-0.1, -0.05) is 82.9 Å². The lowest BCUT2D eigenvalue weighted by atomic mass is 9.82. The largest absolute Gasteiger partial charge is 0.337 e. The number of ketones is 2. The maximum atomic E-state index is 14.1. The molecule has 6 aromatic rings. The lowest BCUT2D eigenvalue weighted by Crippen LogP contribution is -2.22. The van der Waals surface area contributed by atoms with Crippen LogP contribution in [0.5, 0.6) is 0 Å². The van der Waals surface area contributed by atoms with Crippen LogP contribution in [0.15, 0.2) is 163 Å². The van der Waals surface area contributed by atoms with Gasteiger partial charge in [-0.25, -0.2) is 30.0 Å². The summed E-state index contributed by atoms with van der Waals surface area (Å²) >= 11 is 0. The lowest BCUT2D eigenvalue weighted by molar-refractivity contribution is 0.0979. The highest BCUT2D eigenvalue weighted by atomic mass is 16.1. The minimum Gasteiger partial charge on any atom is -0.337 e. The van der Waals surface area contributed by atoms with Crippen molar-refractivity contribution < 1.29 is 9.59 Å². The molecule has 0 spiro atoms. The van der Waals surface area contributed by atoms with Crippen molar-refractivity contribution in [1.82, 2.24) is 0 Å². The monoisotopic (exact) mass is 756 g/mol. The molecule has 58 heavy (non-hydrogen) atoms. The van der Waals surface area contributed by atoms with Gasteiger partial charge in [0.15, 0.2) is 46.6 Å². The molecule has 2 aliphatic heterocycles. The van der Waals surface area contributed by atoms with Crippen LogP contribution in [0.4, 0.5) is 22.7 Å². The van der Waals surface area contributed by atoms with Gasteiger partial charge in [-0.15, -0.1) is 0 Å². The number of amidine groups is 6. The Morgan fingerprint density at radius 2 is 0.741 bits per heavy atom. The molecule has 0 unspecified atom stereocenters. The normalized spacial score (nSPS) is 15.8. The zero-order valence-corrected chi connectivity index (χ0v) is 32.2. The van der Waals surface area contributed by atoms with Crippen LogP contribution in [-0.4, -0.2) is 46.6 Å². The molecule has 6 aromatic carbocycles. The SMILES string of the molecule is Cc1ccc(N=C2N=C(c3ccc4c(c3)C(=O)c3ccc(C5=NC(=Nc6ccc(C)cc6)C(Nc6ccc(C)cc6)=N5)cc3C4=O)N=C2Nc2ccc(C)cc2)cc1. The van der Waals surface area contributed by atoms with E-state index in [1.54, 1.807) is 36.4 Å². The Balaban J connectivity index is 1.03. The number of fused-ring (bicyclic) bond motifs is 2. The highest BCUT2D eigenvalue weighted by Gasteiger charge is 2.32. The lowest BCUT2D eigenvalue weighted by Gasteiger charge is -2.18. The third-order valence-electron chi connectivity index (χ3n) is 9.98. The Labute approximate surface area is 335 Å². The average Bonchev–Trinajstić information content (AvgIpc) is 3.83. The van der Waals surface area contributed by atoms with E-state index >= 15 is 0 Å². The predicted molar refractivity (Wildman–Crippen MR) is 234 cm³/mol. The Morgan fingerprint density at radius 3 is 1.10 bits per heavy atom. The fourth-order valence-electron chi connectivity index (χ4n) is 6.71. The number of hydrogen-bond acceptors (Lipinski definition) is 8. The molecule has 2 N–H and O–H groups in total. The van der Waals surface area contributed by atoms with Crippen molar-refractivity contribution in [3.05, 3.63) is 189 Å². The average molecular weight is 757 g/mol. The summed E-state index contributed by atoms with van der Waals surface area (Å²) < 4.78 is 0. The minimum atomic E-state index is -0.271. The van der Waals surface area contributed by atoms with E-state index < -0.39 is 0 Å². The van der Waals surface area contributed by atoms with Crippen molar-refractivity contribution in [2.24, 2.45) is 30.0 Å². The van der Waals surface area contributed by atoms with Gasteiger partial charge in [0.1, 0.15) is 0 Å². The van der Waals surface area contributed by atoms with E-state index in [1.807, 2.05) is 125 Å². The first-order valence-electron chi connectivity index (χ1n) is 18.9. The molecule has 280 valence electrons. The molecule has 10 nitrogen and oxygen atoms in total. The van der Waals surface area contributed by atoms with Crippen LogP contribution in [0, 0.1) is 27.7 Å². The standard InChI is InChI=1S/C48H36N8O2/c1-27-5-15-33(16-6-27)49-45-46(50-34-17-7-28(2)8-18-34)54-43(53-45)31-13-23-37-39(25-31)41(57)38-24-14-32(26-40(38)42(37)58)44-55-47(51-35-19-9-29(3)10-20-35)48(56-44)52-36-21-11-30(4)12-22-36/h5-26H,1-4H3,(H,49,50,53,54)(H,51,52,55,56). The van der Waals surface area contributed by atoms with E-state index in [0.717, 1.165) is 45.0 Å². The van der Waals surface area contributed by atoms with Gasteiger partial charge in [-0.2, -0.15) is 0 Å². The Bertz CT molecular complexity index is 2660. The molecule has 0 atom stereocenters. The van der Waals surface area contributed by atoms with Crippen molar-refractivity contribution in [3.63, 3.8) is 0 Å². The summed E-state index contributed by atoms with van der Waals surface area (Å²) in [6.45, 7) is 8.10. The maximum absolute atomic E-state index is 14.1. The number of hydrogen-bond donors (Lipinski definition) is 2. The predicted octanol–water partition coefficient (Wildman–Crippen LogP) is 9.70. The van der Waals surface area contributed by atoms with Crippen molar-refractivity contribution in [1.29, 1.82) is 0 Å². The molecule has 1 aliphatic carbocycles.